The largest absolute Gasteiger partial charge is 0.481 e. The van der Waals surface area contributed by atoms with Gasteiger partial charge in [-0.15, -0.1) is 0 Å². The normalized spacial score (nSPS) is 9.76. The molecule has 0 fully saturated rings. The molecule has 0 aromatic heterocycles. The van der Waals surface area contributed by atoms with Gasteiger partial charge in [0.15, 0.2) is 0 Å². The van der Waals surface area contributed by atoms with Crippen LogP contribution in [0.1, 0.15) is 16.8 Å². The van der Waals surface area contributed by atoms with Crippen molar-refractivity contribution in [2.75, 3.05) is 19.6 Å². The van der Waals surface area contributed by atoms with Crippen LogP contribution in [0.3, 0.4) is 0 Å². The Hall–Kier alpha value is -2.28. The Morgan fingerprint density at radius 1 is 1.00 bits per heavy atom. The third-order valence-electron chi connectivity index (χ3n) is 2.44. The molecule has 8 heteroatoms. The molecule has 21 heavy (non-hydrogen) atoms. The summed E-state index contributed by atoms with van der Waals surface area (Å²) >= 11 is 5.88. The minimum atomic E-state index is -0.984. The molecule has 114 valence electrons. The fraction of sp³-hybridized carbons (Fsp3) is 0.308. The summed E-state index contributed by atoms with van der Waals surface area (Å²) in [6.07, 6.45) is -0.142. The fourth-order valence-electron chi connectivity index (χ4n) is 1.44. The highest BCUT2D eigenvalue weighted by molar-refractivity contribution is 6.33. The van der Waals surface area contributed by atoms with E-state index in [1.807, 2.05) is 0 Å². The lowest BCUT2D eigenvalue weighted by Crippen LogP contribution is -2.40. The maximum Gasteiger partial charge on any atom is 0.314 e. The molecule has 0 unspecified atom stereocenters. The van der Waals surface area contributed by atoms with E-state index in [-0.39, 0.29) is 32.0 Å². The van der Waals surface area contributed by atoms with Crippen molar-refractivity contribution in [1.29, 1.82) is 0 Å². The van der Waals surface area contributed by atoms with E-state index >= 15 is 0 Å². The number of rotatable bonds is 7. The molecule has 1 rings (SSSR count). The highest BCUT2D eigenvalue weighted by Crippen LogP contribution is 2.14. The quantitative estimate of drug-likeness (QED) is 0.559. The van der Waals surface area contributed by atoms with Crippen molar-refractivity contribution in [2.45, 2.75) is 6.42 Å². The van der Waals surface area contributed by atoms with Crippen molar-refractivity contribution in [1.82, 2.24) is 16.0 Å². The molecule has 0 aliphatic rings. The lowest BCUT2D eigenvalue weighted by Gasteiger charge is -2.08. The Labute approximate surface area is 126 Å². The predicted octanol–water partition coefficient (Wildman–Crippen LogP) is 0.844. The average molecular weight is 314 g/mol. The summed E-state index contributed by atoms with van der Waals surface area (Å²) in [5.41, 5.74) is 0.366. The molecule has 0 saturated carbocycles. The Balaban J connectivity index is 2.19. The van der Waals surface area contributed by atoms with E-state index in [1.54, 1.807) is 24.3 Å². The van der Waals surface area contributed by atoms with E-state index in [0.717, 1.165) is 0 Å². The highest BCUT2D eigenvalue weighted by Gasteiger charge is 2.08. The van der Waals surface area contributed by atoms with Crippen LogP contribution in [0.4, 0.5) is 4.79 Å². The van der Waals surface area contributed by atoms with Crippen LogP contribution < -0.4 is 16.0 Å². The number of halogens is 1. The molecule has 0 heterocycles. The number of carboxylic acid groups (broad SMARTS) is 1. The van der Waals surface area contributed by atoms with E-state index in [4.69, 9.17) is 16.7 Å². The number of urea groups is 1. The van der Waals surface area contributed by atoms with Gasteiger partial charge in [-0.25, -0.2) is 4.79 Å². The summed E-state index contributed by atoms with van der Waals surface area (Å²) in [4.78, 5) is 33.3. The minimum absolute atomic E-state index is 0.0488. The zero-order valence-electron chi connectivity index (χ0n) is 11.2. The number of benzene rings is 1. The molecule has 0 atom stereocenters. The van der Waals surface area contributed by atoms with Crippen molar-refractivity contribution in [3.63, 3.8) is 0 Å². The molecule has 7 nitrogen and oxygen atoms in total. The first kappa shape index (κ1) is 16.8. The van der Waals surface area contributed by atoms with Gasteiger partial charge in [0, 0.05) is 19.6 Å². The Morgan fingerprint density at radius 2 is 1.62 bits per heavy atom. The zero-order valence-corrected chi connectivity index (χ0v) is 11.9. The average Bonchev–Trinajstić information content (AvgIpc) is 2.43. The predicted molar refractivity (Wildman–Crippen MR) is 77.4 cm³/mol. The van der Waals surface area contributed by atoms with Gasteiger partial charge in [-0.2, -0.15) is 0 Å². The van der Waals surface area contributed by atoms with Crippen molar-refractivity contribution >= 4 is 29.5 Å². The van der Waals surface area contributed by atoms with Gasteiger partial charge in [0.1, 0.15) is 0 Å². The van der Waals surface area contributed by atoms with Crippen LogP contribution >= 0.6 is 11.6 Å². The van der Waals surface area contributed by atoms with Crippen molar-refractivity contribution in [3.8, 4) is 0 Å². The van der Waals surface area contributed by atoms with Crippen molar-refractivity contribution in [2.24, 2.45) is 0 Å². The molecular formula is C13H16ClN3O4. The third kappa shape index (κ3) is 6.62. The van der Waals surface area contributed by atoms with Crippen LogP contribution in [0, 0.1) is 0 Å². The number of nitrogens with one attached hydrogen (secondary N) is 3. The third-order valence-corrected chi connectivity index (χ3v) is 2.77. The zero-order chi connectivity index (χ0) is 15.7. The van der Waals surface area contributed by atoms with Crippen LogP contribution in [0.2, 0.25) is 5.02 Å². The molecule has 3 amide bonds. The number of hydrogen-bond acceptors (Lipinski definition) is 3. The van der Waals surface area contributed by atoms with Crippen LogP contribution in [0.25, 0.3) is 0 Å². The van der Waals surface area contributed by atoms with Gasteiger partial charge in [0.2, 0.25) is 0 Å². The van der Waals surface area contributed by atoms with Gasteiger partial charge in [-0.3, -0.25) is 9.59 Å². The molecule has 0 bridgehead atoms. The number of carbonyl (C=O) groups is 3. The summed E-state index contributed by atoms with van der Waals surface area (Å²) in [5.74, 6) is -1.31. The SMILES string of the molecule is O=C(O)CCNC(=O)NCCNC(=O)c1ccccc1Cl. The molecule has 0 spiro atoms. The minimum Gasteiger partial charge on any atom is -0.481 e. The van der Waals surface area contributed by atoms with Crippen LogP contribution in [-0.4, -0.2) is 42.6 Å². The van der Waals surface area contributed by atoms with E-state index < -0.39 is 12.0 Å². The van der Waals surface area contributed by atoms with Crippen molar-refractivity contribution < 1.29 is 19.5 Å². The molecule has 0 radical (unpaired) electrons. The second-order valence-electron chi connectivity index (χ2n) is 4.06. The van der Waals surface area contributed by atoms with Crippen molar-refractivity contribution in [3.05, 3.63) is 34.9 Å². The van der Waals surface area contributed by atoms with Gasteiger partial charge in [0.05, 0.1) is 17.0 Å². The van der Waals surface area contributed by atoms with Crippen LogP contribution in [0.5, 0.6) is 0 Å². The van der Waals surface area contributed by atoms with Gasteiger partial charge < -0.3 is 21.1 Å². The first-order valence-electron chi connectivity index (χ1n) is 6.27. The molecule has 0 saturated heterocycles. The summed E-state index contributed by atoms with van der Waals surface area (Å²) < 4.78 is 0. The Bertz CT molecular complexity index is 522. The van der Waals surface area contributed by atoms with E-state index in [1.165, 1.54) is 0 Å². The lowest BCUT2D eigenvalue weighted by molar-refractivity contribution is -0.136. The second-order valence-corrected chi connectivity index (χ2v) is 4.47. The summed E-state index contributed by atoms with van der Waals surface area (Å²) in [5, 5.41) is 16.2. The first-order valence-corrected chi connectivity index (χ1v) is 6.64. The standard InChI is InChI=1S/C13H16ClN3O4/c14-10-4-2-1-3-9(10)12(20)15-7-8-17-13(21)16-6-5-11(18)19/h1-4H,5-8H2,(H,15,20)(H,18,19)(H2,16,17,21). The Morgan fingerprint density at radius 3 is 2.29 bits per heavy atom. The topological polar surface area (TPSA) is 108 Å². The molecule has 0 aliphatic heterocycles. The highest BCUT2D eigenvalue weighted by atomic mass is 35.5. The van der Waals surface area contributed by atoms with Gasteiger partial charge in [-0.05, 0) is 12.1 Å². The Kier molecular flexibility index (Phi) is 7.03. The van der Waals surface area contributed by atoms with Crippen LogP contribution in [-0.2, 0) is 4.79 Å². The fourth-order valence-corrected chi connectivity index (χ4v) is 1.66. The van der Waals surface area contributed by atoms with E-state index in [9.17, 15) is 14.4 Å². The second kappa shape index (κ2) is 8.80. The number of carboxylic acids is 1. The summed E-state index contributed by atoms with van der Waals surface area (Å²) in [6, 6.07) is 6.16. The summed E-state index contributed by atoms with van der Waals surface area (Å²) in [7, 11) is 0. The number of carbonyl (C=O) groups excluding carboxylic acids is 2. The van der Waals surface area contributed by atoms with Gasteiger partial charge >= 0.3 is 12.0 Å². The molecule has 1 aromatic carbocycles. The lowest BCUT2D eigenvalue weighted by atomic mass is 10.2. The number of amides is 3. The molecule has 1 aromatic rings. The number of aliphatic carboxylic acids is 1. The molecular weight excluding hydrogens is 298 g/mol. The van der Waals surface area contributed by atoms with Crippen LogP contribution in [0.15, 0.2) is 24.3 Å². The monoisotopic (exact) mass is 313 g/mol. The molecule has 4 N–H and O–H groups in total. The first-order chi connectivity index (χ1) is 10.0. The number of hydrogen-bond donors (Lipinski definition) is 4. The van der Waals surface area contributed by atoms with E-state index in [0.29, 0.717) is 10.6 Å². The summed E-state index contributed by atoms with van der Waals surface area (Å²) in [6.45, 7) is 0.499. The van der Waals surface area contributed by atoms with Gasteiger partial charge in [-0.1, -0.05) is 23.7 Å². The maximum atomic E-state index is 11.8. The maximum absolute atomic E-state index is 11.8. The van der Waals surface area contributed by atoms with E-state index in [2.05, 4.69) is 16.0 Å². The molecule has 0 aliphatic carbocycles. The smallest absolute Gasteiger partial charge is 0.314 e. The van der Waals surface area contributed by atoms with Gasteiger partial charge in [0.25, 0.3) is 5.91 Å².